The molecule has 1 unspecified atom stereocenters. The lowest BCUT2D eigenvalue weighted by atomic mass is 10.2. The molecular formula is C20H21ClN6O. The molecule has 0 aliphatic carbocycles. The summed E-state index contributed by atoms with van der Waals surface area (Å²) in [5, 5.41) is 11.2. The van der Waals surface area contributed by atoms with Gasteiger partial charge in [-0.15, -0.1) is 0 Å². The van der Waals surface area contributed by atoms with Gasteiger partial charge in [-0.25, -0.2) is 9.67 Å². The molecule has 144 valence electrons. The zero-order valence-electron chi connectivity index (χ0n) is 15.3. The monoisotopic (exact) mass is 396 g/mol. The van der Waals surface area contributed by atoms with Crippen LogP contribution in [0.15, 0.2) is 61.2 Å². The molecule has 2 N–H and O–H groups in total. The molecule has 8 heteroatoms. The van der Waals surface area contributed by atoms with Crippen LogP contribution in [0.5, 0.6) is 0 Å². The Morgan fingerprint density at radius 3 is 2.86 bits per heavy atom. The van der Waals surface area contributed by atoms with E-state index in [9.17, 15) is 4.79 Å². The highest BCUT2D eigenvalue weighted by atomic mass is 35.5. The highest BCUT2D eigenvalue weighted by molar-refractivity contribution is 6.31. The number of anilines is 2. The molecule has 1 amide bonds. The second-order valence-electron chi connectivity index (χ2n) is 6.78. The first-order valence-electron chi connectivity index (χ1n) is 9.16. The highest BCUT2D eigenvalue weighted by Gasteiger charge is 2.24. The van der Waals surface area contributed by atoms with Crippen molar-refractivity contribution in [3.05, 3.63) is 66.2 Å². The second kappa shape index (κ2) is 8.41. The van der Waals surface area contributed by atoms with Crippen molar-refractivity contribution >= 4 is 28.9 Å². The first-order chi connectivity index (χ1) is 13.7. The molecule has 2 heterocycles. The third-order valence-corrected chi connectivity index (χ3v) is 4.92. The van der Waals surface area contributed by atoms with E-state index in [-0.39, 0.29) is 5.91 Å². The van der Waals surface area contributed by atoms with E-state index < -0.39 is 0 Å². The molecule has 7 nitrogen and oxygen atoms in total. The lowest BCUT2D eigenvalue weighted by Crippen LogP contribution is -2.33. The lowest BCUT2D eigenvalue weighted by molar-refractivity contribution is -0.117. The van der Waals surface area contributed by atoms with Crippen LogP contribution in [-0.2, 0) is 4.79 Å². The van der Waals surface area contributed by atoms with Crippen molar-refractivity contribution < 1.29 is 4.79 Å². The second-order valence-corrected chi connectivity index (χ2v) is 7.22. The minimum absolute atomic E-state index is 0.0796. The van der Waals surface area contributed by atoms with E-state index in [1.165, 1.54) is 6.33 Å². The number of hydrogen-bond donors (Lipinski definition) is 2. The Labute approximate surface area is 168 Å². The number of halogens is 1. The molecular weight excluding hydrogens is 376 g/mol. The number of amides is 1. The Morgan fingerprint density at radius 1 is 1.21 bits per heavy atom. The Bertz CT molecular complexity index is 931. The summed E-state index contributed by atoms with van der Waals surface area (Å²) < 4.78 is 1.60. The summed E-state index contributed by atoms with van der Waals surface area (Å²) in [6.45, 7) is 2.04. The third kappa shape index (κ3) is 4.49. The first kappa shape index (κ1) is 18.5. The molecule has 0 spiro atoms. The minimum atomic E-state index is -0.0796. The van der Waals surface area contributed by atoms with Gasteiger partial charge in [-0.3, -0.25) is 9.69 Å². The van der Waals surface area contributed by atoms with Gasteiger partial charge in [0.1, 0.15) is 12.7 Å². The normalized spacial score (nSPS) is 16.8. The van der Waals surface area contributed by atoms with Crippen molar-refractivity contribution in [2.45, 2.75) is 12.5 Å². The number of carbonyl (C=O) groups is 1. The molecule has 1 saturated heterocycles. The van der Waals surface area contributed by atoms with Gasteiger partial charge >= 0.3 is 0 Å². The predicted octanol–water partition coefficient (Wildman–Crippen LogP) is 3.05. The zero-order chi connectivity index (χ0) is 19.3. The molecule has 0 saturated carbocycles. The number of likely N-dealkylation sites (tertiary alicyclic amines) is 1. The van der Waals surface area contributed by atoms with Crippen molar-refractivity contribution in [3.8, 4) is 5.69 Å². The summed E-state index contributed by atoms with van der Waals surface area (Å²) in [4.78, 5) is 18.7. The molecule has 2 aromatic carbocycles. The maximum atomic E-state index is 12.6. The molecule has 1 aliphatic heterocycles. The molecule has 4 rings (SSSR count). The first-order valence-corrected chi connectivity index (χ1v) is 9.53. The topological polar surface area (TPSA) is 75.1 Å². The number of aromatic nitrogens is 3. The molecule has 1 aliphatic rings. The van der Waals surface area contributed by atoms with E-state index in [1.807, 2.05) is 24.3 Å². The van der Waals surface area contributed by atoms with E-state index in [1.54, 1.807) is 23.1 Å². The van der Waals surface area contributed by atoms with Gasteiger partial charge in [-0.2, -0.15) is 5.10 Å². The summed E-state index contributed by atoms with van der Waals surface area (Å²) in [6, 6.07) is 15.8. The average Bonchev–Trinajstić information content (AvgIpc) is 3.35. The smallest absolute Gasteiger partial charge is 0.238 e. The predicted molar refractivity (Wildman–Crippen MR) is 110 cm³/mol. The Hall–Kier alpha value is -2.90. The summed E-state index contributed by atoms with van der Waals surface area (Å²) in [7, 11) is 0. The van der Waals surface area contributed by atoms with Crippen LogP contribution in [0.1, 0.15) is 6.42 Å². The van der Waals surface area contributed by atoms with Gasteiger partial charge in [0.05, 0.1) is 17.9 Å². The molecule has 28 heavy (non-hydrogen) atoms. The van der Waals surface area contributed by atoms with Gasteiger partial charge in [0.2, 0.25) is 5.91 Å². The fourth-order valence-corrected chi connectivity index (χ4v) is 3.57. The van der Waals surface area contributed by atoms with Crippen LogP contribution < -0.4 is 10.6 Å². The third-order valence-electron chi connectivity index (χ3n) is 4.68. The zero-order valence-corrected chi connectivity index (χ0v) is 16.0. The number of carbonyl (C=O) groups excluding carboxylic acids is 1. The van der Waals surface area contributed by atoms with Crippen LogP contribution in [0.25, 0.3) is 5.69 Å². The summed E-state index contributed by atoms with van der Waals surface area (Å²) in [6.07, 6.45) is 4.03. The van der Waals surface area contributed by atoms with Gasteiger partial charge in [0.15, 0.2) is 0 Å². The summed E-state index contributed by atoms with van der Waals surface area (Å²) in [5.74, 6) is -0.0796. The number of nitrogens with zero attached hydrogens (tertiary/aromatic N) is 4. The van der Waals surface area contributed by atoms with Crippen molar-refractivity contribution in [2.24, 2.45) is 0 Å². The van der Waals surface area contributed by atoms with Crippen LogP contribution in [0.2, 0.25) is 5.02 Å². The van der Waals surface area contributed by atoms with Crippen LogP contribution in [0.3, 0.4) is 0 Å². The van der Waals surface area contributed by atoms with Gasteiger partial charge in [-0.1, -0.05) is 29.8 Å². The molecule has 3 aromatic rings. The molecule has 0 radical (unpaired) electrons. The minimum Gasteiger partial charge on any atom is -0.381 e. The van der Waals surface area contributed by atoms with Crippen molar-refractivity contribution in [2.75, 3.05) is 30.3 Å². The van der Waals surface area contributed by atoms with Gasteiger partial charge in [0, 0.05) is 29.8 Å². The van der Waals surface area contributed by atoms with Crippen LogP contribution in [0.4, 0.5) is 11.4 Å². The van der Waals surface area contributed by atoms with Crippen LogP contribution in [0, 0.1) is 0 Å². The largest absolute Gasteiger partial charge is 0.381 e. The highest BCUT2D eigenvalue weighted by Crippen LogP contribution is 2.24. The van der Waals surface area contributed by atoms with E-state index in [4.69, 9.17) is 11.6 Å². The number of rotatable bonds is 6. The molecule has 0 bridgehead atoms. The van der Waals surface area contributed by atoms with Crippen LogP contribution in [-0.4, -0.2) is 51.2 Å². The molecule has 1 fully saturated rings. The van der Waals surface area contributed by atoms with Gasteiger partial charge in [-0.05, 0) is 36.8 Å². The van der Waals surface area contributed by atoms with Crippen LogP contribution >= 0.6 is 11.6 Å². The number of hydrogen-bond acceptors (Lipinski definition) is 5. The lowest BCUT2D eigenvalue weighted by Gasteiger charge is -2.18. The Balaban J connectivity index is 1.36. The van der Waals surface area contributed by atoms with Crippen molar-refractivity contribution in [1.29, 1.82) is 0 Å². The number of nitrogens with one attached hydrogen (secondary N) is 2. The molecule has 1 atom stereocenters. The Morgan fingerprint density at radius 2 is 2.07 bits per heavy atom. The van der Waals surface area contributed by atoms with E-state index in [0.29, 0.717) is 23.3 Å². The fraction of sp³-hybridized carbons (Fsp3) is 0.250. The standard InChI is InChI=1S/C20H21ClN6O/c21-15-6-7-19(27-14-22-13-23-27)18(10-15)25-20(28)12-26-9-8-17(11-26)24-16-4-2-1-3-5-16/h1-7,10,13-14,17,24H,8-9,11-12H2,(H,25,28). The van der Waals surface area contributed by atoms with Gasteiger partial charge < -0.3 is 10.6 Å². The number of para-hydroxylation sites is 1. The molecule has 1 aromatic heterocycles. The van der Waals surface area contributed by atoms with Crippen molar-refractivity contribution in [1.82, 2.24) is 19.7 Å². The van der Waals surface area contributed by atoms with E-state index >= 15 is 0 Å². The summed E-state index contributed by atoms with van der Waals surface area (Å²) >= 11 is 6.11. The van der Waals surface area contributed by atoms with E-state index in [2.05, 4.69) is 37.7 Å². The number of benzene rings is 2. The SMILES string of the molecule is O=C(CN1CCC(Nc2ccccc2)C1)Nc1cc(Cl)ccc1-n1cncn1. The fourth-order valence-electron chi connectivity index (χ4n) is 3.40. The maximum absolute atomic E-state index is 12.6. The average molecular weight is 397 g/mol. The van der Waals surface area contributed by atoms with Gasteiger partial charge in [0.25, 0.3) is 0 Å². The van der Waals surface area contributed by atoms with E-state index in [0.717, 1.165) is 30.9 Å². The maximum Gasteiger partial charge on any atom is 0.238 e. The Kier molecular flexibility index (Phi) is 5.55. The quantitative estimate of drug-likeness (QED) is 0.669. The summed E-state index contributed by atoms with van der Waals surface area (Å²) in [5.41, 5.74) is 2.44. The van der Waals surface area contributed by atoms with Crippen molar-refractivity contribution in [3.63, 3.8) is 0 Å².